The van der Waals surface area contributed by atoms with E-state index in [0.29, 0.717) is 26.2 Å². The molecule has 1 rings (SSSR count). The highest BCUT2D eigenvalue weighted by atomic mass is 16.5. The van der Waals surface area contributed by atoms with Crippen LogP contribution in [0.3, 0.4) is 0 Å². The van der Waals surface area contributed by atoms with Gasteiger partial charge in [-0.05, 0) is 20.3 Å². The molecule has 0 aliphatic rings. The highest BCUT2D eigenvalue weighted by molar-refractivity contribution is 5.97. The molecule has 0 aliphatic heterocycles. The molecule has 1 aromatic heterocycles. The maximum Gasteiger partial charge on any atom is 0.166 e. The molecular formula is C14H24N2O3. The maximum atomic E-state index is 11.8. The third-order valence-electron chi connectivity index (χ3n) is 3.07. The van der Waals surface area contributed by atoms with E-state index >= 15 is 0 Å². The molecule has 0 N–H and O–H groups in total. The van der Waals surface area contributed by atoms with E-state index in [-0.39, 0.29) is 5.78 Å². The summed E-state index contributed by atoms with van der Waals surface area (Å²) < 4.78 is 12.3. The summed E-state index contributed by atoms with van der Waals surface area (Å²) >= 11 is 0. The quantitative estimate of drug-likeness (QED) is 0.508. The number of carbonyl (C=O) groups excluding carboxylic acids is 1. The monoisotopic (exact) mass is 268 g/mol. The Morgan fingerprint density at radius 3 is 2.63 bits per heavy atom. The number of carbonyl (C=O) groups is 1. The van der Waals surface area contributed by atoms with Crippen molar-refractivity contribution >= 4 is 5.78 Å². The van der Waals surface area contributed by atoms with E-state index < -0.39 is 0 Å². The lowest BCUT2D eigenvalue weighted by Gasteiger charge is -2.06. The van der Waals surface area contributed by atoms with E-state index in [4.69, 9.17) is 9.47 Å². The number of Topliss-reactive ketones (excluding diaryl/α,β-unsaturated/α-hetero) is 1. The molecule has 0 aliphatic carbocycles. The molecule has 0 saturated heterocycles. The van der Waals surface area contributed by atoms with E-state index in [1.54, 1.807) is 7.11 Å². The summed E-state index contributed by atoms with van der Waals surface area (Å²) in [6.07, 6.45) is 1.41. The highest BCUT2D eigenvalue weighted by Gasteiger charge is 2.16. The van der Waals surface area contributed by atoms with Crippen LogP contribution in [-0.4, -0.2) is 42.5 Å². The molecule has 5 heteroatoms. The van der Waals surface area contributed by atoms with Crippen molar-refractivity contribution in [2.24, 2.45) is 0 Å². The average Bonchev–Trinajstić information content (AvgIpc) is 2.68. The second-order valence-corrected chi connectivity index (χ2v) is 4.50. The summed E-state index contributed by atoms with van der Waals surface area (Å²) in [4.78, 5) is 11.8. The molecule has 108 valence electrons. The lowest BCUT2D eigenvalue weighted by Crippen LogP contribution is -2.11. The number of hydrogen-bond acceptors (Lipinski definition) is 4. The van der Waals surface area contributed by atoms with Crippen molar-refractivity contribution in [3.63, 3.8) is 0 Å². The molecule has 0 aromatic carbocycles. The maximum absolute atomic E-state index is 11.8. The molecule has 0 bridgehead atoms. The van der Waals surface area contributed by atoms with Crippen molar-refractivity contribution in [2.45, 2.75) is 40.2 Å². The largest absolute Gasteiger partial charge is 0.385 e. The van der Waals surface area contributed by atoms with Crippen LogP contribution in [0.25, 0.3) is 0 Å². The van der Waals surface area contributed by atoms with Crippen LogP contribution in [-0.2, 0) is 16.0 Å². The van der Waals surface area contributed by atoms with Gasteiger partial charge in [-0.1, -0.05) is 6.92 Å². The molecular weight excluding hydrogens is 244 g/mol. The molecule has 0 saturated carbocycles. The predicted octanol–water partition coefficient (Wildman–Crippen LogP) is 2.15. The number of aryl methyl sites for hydroxylation is 1. The Hall–Kier alpha value is -1.20. The highest BCUT2D eigenvalue weighted by Crippen LogP contribution is 2.15. The minimum absolute atomic E-state index is 0.155. The molecule has 19 heavy (non-hydrogen) atoms. The van der Waals surface area contributed by atoms with Gasteiger partial charge in [-0.2, -0.15) is 5.10 Å². The average molecular weight is 268 g/mol. The Morgan fingerprint density at radius 1 is 1.26 bits per heavy atom. The van der Waals surface area contributed by atoms with Crippen LogP contribution in [0.15, 0.2) is 0 Å². The van der Waals surface area contributed by atoms with Crippen molar-refractivity contribution in [2.75, 3.05) is 26.9 Å². The predicted molar refractivity (Wildman–Crippen MR) is 73.6 cm³/mol. The summed E-state index contributed by atoms with van der Waals surface area (Å²) in [7, 11) is 1.68. The topological polar surface area (TPSA) is 53.4 Å². The number of methoxy groups -OCH3 is 1. The van der Waals surface area contributed by atoms with Crippen LogP contribution in [0.2, 0.25) is 0 Å². The first kappa shape index (κ1) is 15.9. The first-order valence-corrected chi connectivity index (χ1v) is 6.75. The molecule has 0 amide bonds. The Labute approximate surface area is 114 Å². The third kappa shape index (κ3) is 4.44. The normalized spacial score (nSPS) is 10.9. The first-order valence-electron chi connectivity index (χ1n) is 6.75. The first-order chi connectivity index (χ1) is 9.11. The fraction of sp³-hybridized carbons (Fsp3) is 0.714. The zero-order valence-corrected chi connectivity index (χ0v) is 12.4. The Kier molecular flexibility index (Phi) is 6.73. The molecule has 0 spiro atoms. The van der Waals surface area contributed by atoms with E-state index in [9.17, 15) is 4.79 Å². The molecule has 0 atom stereocenters. The van der Waals surface area contributed by atoms with Gasteiger partial charge in [-0.25, -0.2) is 0 Å². The van der Waals surface area contributed by atoms with Gasteiger partial charge in [0.2, 0.25) is 0 Å². The second kappa shape index (κ2) is 8.07. The number of ketones is 1. The number of nitrogens with zero attached hydrogens (tertiary/aromatic N) is 2. The summed E-state index contributed by atoms with van der Waals surface area (Å²) in [6, 6.07) is 0. The van der Waals surface area contributed by atoms with Gasteiger partial charge in [-0.3, -0.25) is 9.48 Å². The molecule has 1 heterocycles. The standard InChI is InChI=1S/C14H24N2O3/c1-5-13(17)14-11(2)15-16(12(14)3)7-10-19-9-6-8-18-4/h5-10H2,1-4H3. The Balaban J connectivity index is 2.49. The van der Waals surface area contributed by atoms with E-state index in [0.717, 1.165) is 30.0 Å². The number of hydrogen-bond donors (Lipinski definition) is 0. The molecule has 0 radical (unpaired) electrons. The molecule has 0 unspecified atom stereocenters. The van der Waals surface area contributed by atoms with Gasteiger partial charge in [0.25, 0.3) is 0 Å². The van der Waals surface area contributed by atoms with Gasteiger partial charge in [0.15, 0.2) is 5.78 Å². The van der Waals surface area contributed by atoms with Gasteiger partial charge >= 0.3 is 0 Å². The van der Waals surface area contributed by atoms with Crippen LogP contribution in [0.1, 0.15) is 41.5 Å². The number of aromatic nitrogens is 2. The lowest BCUT2D eigenvalue weighted by molar-refractivity contribution is 0.0953. The van der Waals surface area contributed by atoms with Crippen LogP contribution in [0.5, 0.6) is 0 Å². The van der Waals surface area contributed by atoms with Gasteiger partial charge < -0.3 is 9.47 Å². The zero-order valence-electron chi connectivity index (χ0n) is 12.4. The van der Waals surface area contributed by atoms with Crippen molar-refractivity contribution in [1.82, 2.24) is 9.78 Å². The van der Waals surface area contributed by atoms with Crippen molar-refractivity contribution in [3.8, 4) is 0 Å². The van der Waals surface area contributed by atoms with Gasteiger partial charge in [0, 0.05) is 32.4 Å². The number of ether oxygens (including phenoxy) is 2. The molecule has 1 aromatic rings. The van der Waals surface area contributed by atoms with E-state index in [1.807, 2.05) is 25.5 Å². The molecule has 5 nitrogen and oxygen atoms in total. The zero-order chi connectivity index (χ0) is 14.3. The van der Waals surface area contributed by atoms with Crippen LogP contribution >= 0.6 is 0 Å². The van der Waals surface area contributed by atoms with Crippen molar-refractivity contribution < 1.29 is 14.3 Å². The molecule has 0 fully saturated rings. The van der Waals surface area contributed by atoms with Gasteiger partial charge in [0.05, 0.1) is 24.4 Å². The smallest absolute Gasteiger partial charge is 0.166 e. The minimum Gasteiger partial charge on any atom is -0.385 e. The number of rotatable bonds is 9. The Morgan fingerprint density at radius 2 is 2.00 bits per heavy atom. The van der Waals surface area contributed by atoms with Gasteiger partial charge in [0.1, 0.15) is 0 Å². The summed E-state index contributed by atoms with van der Waals surface area (Å²) in [5.41, 5.74) is 2.51. The van der Waals surface area contributed by atoms with Crippen molar-refractivity contribution in [3.05, 3.63) is 17.0 Å². The third-order valence-corrected chi connectivity index (χ3v) is 3.07. The van der Waals surface area contributed by atoms with E-state index in [1.165, 1.54) is 0 Å². The second-order valence-electron chi connectivity index (χ2n) is 4.50. The van der Waals surface area contributed by atoms with Crippen LogP contribution in [0, 0.1) is 13.8 Å². The fourth-order valence-electron chi connectivity index (χ4n) is 2.05. The SMILES string of the molecule is CCC(=O)c1c(C)nn(CCOCCCOC)c1C. The fourth-order valence-corrected chi connectivity index (χ4v) is 2.05. The minimum atomic E-state index is 0.155. The van der Waals surface area contributed by atoms with E-state index in [2.05, 4.69) is 5.10 Å². The summed E-state index contributed by atoms with van der Waals surface area (Å²) in [5.74, 6) is 0.155. The summed E-state index contributed by atoms with van der Waals surface area (Å²) in [5, 5.41) is 4.40. The van der Waals surface area contributed by atoms with Crippen molar-refractivity contribution in [1.29, 1.82) is 0 Å². The van der Waals surface area contributed by atoms with Gasteiger partial charge in [-0.15, -0.1) is 0 Å². The summed E-state index contributed by atoms with van der Waals surface area (Å²) in [6.45, 7) is 8.38. The van der Waals surface area contributed by atoms with Crippen LogP contribution in [0.4, 0.5) is 0 Å². The Bertz CT molecular complexity index is 413. The van der Waals surface area contributed by atoms with Crippen LogP contribution < -0.4 is 0 Å². The lowest BCUT2D eigenvalue weighted by atomic mass is 10.1.